The van der Waals surface area contributed by atoms with Crippen molar-refractivity contribution < 1.29 is 19.4 Å². The second kappa shape index (κ2) is 8.23. The van der Waals surface area contributed by atoms with E-state index in [4.69, 9.17) is 9.47 Å². The second-order valence-electron chi connectivity index (χ2n) is 7.92. The zero-order valence-electron chi connectivity index (χ0n) is 17.6. The lowest BCUT2D eigenvalue weighted by Crippen LogP contribution is -2.21. The van der Waals surface area contributed by atoms with Crippen LogP contribution in [0.4, 0.5) is 0 Å². The first-order chi connectivity index (χ1) is 15.6. The third-order valence-electron chi connectivity index (χ3n) is 5.68. The lowest BCUT2D eigenvalue weighted by Gasteiger charge is -2.27. The van der Waals surface area contributed by atoms with Gasteiger partial charge in [-0.05, 0) is 59.0 Å². The van der Waals surface area contributed by atoms with E-state index in [-0.39, 0.29) is 11.7 Å². The SMILES string of the molecule is Cc1cccc(-c2cccc(C3COc4cc(-c5ccccc5C(=O)O)ccc4O3)c2)c1. The van der Waals surface area contributed by atoms with Gasteiger partial charge in [0.25, 0.3) is 0 Å². The van der Waals surface area contributed by atoms with Crippen molar-refractivity contribution in [2.24, 2.45) is 0 Å². The maximum atomic E-state index is 11.6. The van der Waals surface area contributed by atoms with Crippen LogP contribution in [0.2, 0.25) is 0 Å². The van der Waals surface area contributed by atoms with Crippen molar-refractivity contribution in [3.05, 3.63) is 108 Å². The lowest BCUT2D eigenvalue weighted by atomic mass is 9.98. The molecule has 0 radical (unpaired) electrons. The predicted molar refractivity (Wildman–Crippen MR) is 124 cm³/mol. The topological polar surface area (TPSA) is 55.8 Å². The highest BCUT2D eigenvalue weighted by molar-refractivity contribution is 5.96. The summed E-state index contributed by atoms with van der Waals surface area (Å²) in [6, 6.07) is 29.3. The molecule has 1 atom stereocenters. The Morgan fingerprint density at radius 1 is 0.812 bits per heavy atom. The molecule has 0 aliphatic carbocycles. The first kappa shape index (κ1) is 19.9. The Bertz CT molecular complexity index is 1310. The molecule has 1 unspecified atom stereocenters. The maximum Gasteiger partial charge on any atom is 0.336 e. The number of hydrogen-bond acceptors (Lipinski definition) is 3. The van der Waals surface area contributed by atoms with Gasteiger partial charge in [0.2, 0.25) is 0 Å². The zero-order chi connectivity index (χ0) is 22.1. The van der Waals surface area contributed by atoms with Gasteiger partial charge in [-0.25, -0.2) is 4.79 Å². The number of ether oxygens (including phenoxy) is 2. The summed E-state index contributed by atoms with van der Waals surface area (Å²) < 4.78 is 12.3. The molecule has 0 bridgehead atoms. The smallest absolute Gasteiger partial charge is 0.336 e. The van der Waals surface area contributed by atoms with E-state index in [1.807, 2.05) is 30.3 Å². The molecule has 1 aliphatic heterocycles. The Kier molecular flexibility index (Phi) is 5.12. The summed E-state index contributed by atoms with van der Waals surface area (Å²) >= 11 is 0. The molecule has 4 nitrogen and oxygen atoms in total. The number of rotatable bonds is 4. The number of aromatic carboxylic acids is 1. The van der Waals surface area contributed by atoms with Crippen LogP contribution in [0.25, 0.3) is 22.3 Å². The lowest BCUT2D eigenvalue weighted by molar-refractivity contribution is 0.0697. The average molecular weight is 422 g/mol. The van der Waals surface area contributed by atoms with Gasteiger partial charge in [0.05, 0.1) is 5.56 Å². The molecule has 32 heavy (non-hydrogen) atoms. The number of hydrogen-bond donors (Lipinski definition) is 1. The van der Waals surface area contributed by atoms with Gasteiger partial charge in [0.15, 0.2) is 17.6 Å². The highest BCUT2D eigenvalue weighted by Gasteiger charge is 2.24. The van der Waals surface area contributed by atoms with Crippen LogP contribution in [0.5, 0.6) is 11.5 Å². The van der Waals surface area contributed by atoms with Gasteiger partial charge in [-0.15, -0.1) is 0 Å². The van der Waals surface area contributed by atoms with E-state index in [0.29, 0.717) is 23.7 Å². The molecule has 158 valence electrons. The van der Waals surface area contributed by atoms with Crippen LogP contribution < -0.4 is 9.47 Å². The molecule has 1 N–H and O–H groups in total. The minimum Gasteiger partial charge on any atom is -0.485 e. The quantitative estimate of drug-likeness (QED) is 0.406. The van der Waals surface area contributed by atoms with Crippen LogP contribution in [-0.2, 0) is 0 Å². The Balaban J connectivity index is 1.42. The van der Waals surface area contributed by atoms with Crippen molar-refractivity contribution >= 4 is 5.97 Å². The van der Waals surface area contributed by atoms with Gasteiger partial charge < -0.3 is 14.6 Å². The van der Waals surface area contributed by atoms with Crippen LogP contribution in [0, 0.1) is 6.92 Å². The fourth-order valence-corrected chi connectivity index (χ4v) is 4.07. The maximum absolute atomic E-state index is 11.6. The summed E-state index contributed by atoms with van der Waals surface area (Å²) in [7, 11) is 0. The predicted octanol–water partition coefficient (Wildman–Crippen LogP) is 6.54. The van der Waals surface area contributed by atoms with Crippen LogP contribution in [-0.4, -0.2) is 17.7 Å². The molecule has 0 fully saturated rings. The van der Waals surface area contributed by atoms with E-state index in [1.54, 1.807) is 18.2 Å². The van der Waals surface area contributed by atoms with Crippen LogP contribution >= 0.6 is 0 Å². The standard InChI is InChI=1S/C28H22O4/c1-18-6-4-7-19(14-18)20-8-5-9-22(15-20)27-17-31-26-16-21(12-13-25(26)32-27)23-10-2-3-11-24(23)28(29)30/h2-16,27H,17H2,1H3,(H,29,30). The number of carboxylic acid groups (broad SMARTS) is 1. The van der Waals surface area contributed by atoms with Crippen molar-refractivity contribution in [1.82, 2.24) is 0 Å². The highest BCUT2D eigenvalue weighted by Crippen LogP contribution is 2.40. The van der Waals surface area contributed by atoms with Gasteiger partial charge in [-0.2, -0.15) is 0 Å². The minimum atomic E-state index is -0.955. The molecule has 0 saturated heterocycles. The zero-order valence-corrected chi connectivity index (χ0v) is 17.6. The number of aryl methyl sites for hydroxylation is 1. The summed E-state index contributed by atoms with van der Waals surface area (Å²) in [6.45, 7) is 2.47. The Morgan fingerprint density at radius 3 is 2.41 bits per heavy atom. The molecule has 1 aliphatic rings. The summed E-state index contributed by atoms with van der Waals surface area (Å²) in [5.41, 5.74) is 6.28. The van der Waals surface area contributed by atoms with E-state index >= 15 is 0 Å². The number of fused-ring (bicyclic) bond motifs is 1. The monoisotopic (exact) mass is 422 g/mol. The van der Waals surface area contributed by atoms with E-state index in [2.05, 4.69) is 49.4 Å². The molecular formula is C28H22O4. The molecule has 4 aromatic carbocycles. The van der Waals surface area contributed by atoms with Crippen LogP contribution in [0.3, 0.4) is 0 Å². The molecule has 4 aromatic rings. The molecule has 0 amide bonds. The van der Waals surface area contributed by atoms with E-state index in [9.17, 15) is 9.90 Å². The number of benzene rings is 4. The van der Waals surface area contributed by atoms with Crippen molar-refractivity contribution in [1.29, 1.82) is 0 Å². The molecule has 5 rings (SSSR count). The average Bonchev–Trinajstić information content (AvgIpc) is 2.83. The van der Waals surface area contributed by atoms with Crippen molar-refractivity contribution in [2.75, 3.05) is 6.61 Å². The Hall–Kier alpha value is -4.05. The van der Waals surface area contributed by atoms with Crippen molar-refractivity contribution in [2.45, 2.75) is 13.0 Å². The fraction of sp³-hybridized carbons (Fsp3) is 0.107. The van der Waals surface area contributed by atoms with E-state index < -0.39 is 5.97 Å². The van der Waals surface area contributed by atoms with Crippen LogP contribution in [0.15, 0.2) is 91.0 Å². The van der Waals surface area contributed by atoms with Gasteiger partial charge in [-0.1, -0.05) is 72.3 Å². The van der Waals surface area contributed by atoms with E-state index in [0.717, 1.165) is 16.7 Å². The summed E-state index contributed by atoms with van der Waals surface area (Å²) in [5.74, 6) is 0.316. The normalized spacial score (nSPS) is 14.7. The van der Waals surface area contributed by atoms with Crippen LogP contribution in [0.1, 0.15) is 27.6 Å². The fourth-order valence-electron chi connectivity index (χ4n) is 4.07. The number of carbonyl (C=O) groups is 1. The largest absolute Gasteiger partial charge is 0.485 e. The first-order valence-corrected chi connectivity index (χ1v) is 10.5. The summed E-state index contributed by atoms with van der Waals surface area (Å²) in [6.07, 6.45) is -0.218. The number of carboxylic acids is 1. The third-order valence-corrected chi connectivity index (χ3v) is 5.68. The molecular weight excluding hydrogens is 400 g/mol. The Morgan fingerprint density at radius 2 is 1.59 bits per heavy atom. The minimum absolute atomic E-state index is 0.218. The second-order valence-corrected chi connectivity index (χ2v) is 7.92. The van der Waals surface area contributed by atoms with Gasteiger partial charge in [0, 0.05) is 0 Å². The summed E-state index contributed by atoms with van der Waals surface area (Å²) in [4.78, 5) is 11.6. The summed E-state index contributed by atoms with van der Waals surface area (Å²) in [5, 5.41) is 9.49. The molecule has 0 aromatic heterocycles. The molecule has 0 saturated carbocycles. The van der Waals surface area contributed by atoms with Gasteiger partial charge in [0.1, 0.15) is 6.61 Å². The molecule has 1 heterocycles. The Labute approximate surface area is 186 Å². The van der Waals surface area contributed by atoms with Crippen molar-refractivity contribution in [3.63, 3.8) is 0 Å². The molecule has 4 heteroatoms. The first-order valence-electron chi connectivity index (χ1n) is 10.5. The van der Waals surface area contributed by atoms with Crippen molar-refractivity contribution in [3.8, 4) is 33.8 Å². The van der Waals surface area contributed by atoms with Gasteiger partial charge >= 0.3 is 5.97 Å². The van der Waals surface area contributed by atoms with E-state index in [1.165, 1.54) is 11.1 Å². The van der Waals surface area contributed by atoms with Gasteiger partial charge in [-0.3, -0.25) is 0 Å². The highest BCUT2D eigenvalue weighted by atomic mass is 16.6. The molecule has 0 spiro atoms. The third kappa shape index (κ3) is 3.83.